The monoisotopic (exact) mass is 493 g/mol. The number of nitrogen functional groups attached to an aromatic ring is 1. The van der Waals surface area contributed by atoms with Gasteiger partial charge >= 0.3 is 6.18 Å². The van der Waals surface area contributed by atoms with Gasteiger partial charge in [0.15, 0.2) is 0 Å². The molecule has 7 nitrogen and oxygen atoms in total. The fraction of sp³-hybridized carbons (Fsp3) is 0.348. The Bertz CT molecular complexity index is 1090. The van der Waals surface area contributed by atoms with Crippen LogP contribution in [-0.2, 0) is 16.8 Å². The molecule has 0 aliphatic carbocycles. The molecule has 2 aromatic heterocycles. The third kappa shape index (κ3) is 8.38. The molecule has 0 amide bonds. The number of hydrogen-bond donors (Lipinski definition) is 2. The molecule has 3 rings (SSSR count). The lowest BCUT2D eigenvalue weighted by Gasteiger charge is -2.16. The SMILES string of the molecule is CC(C)(C)SOCCCc1cc(Nc2ccc(Oc3ccnc(C(F)(F)F)c3)cc2)nc(N)n1. The summed E-state index contributed by atoms with van der Waals surface area (Å²) in [6.07, 6.45) is -2.01. The number of aryl methyl sites for hydroxylation is 1. The lowest BCUT2D eigenvalue weighted by atomic mass is 10.2. The van der Waals surface area contributed by atoms with Crippen LogP contribution in [0.1, 0.15) is 38.6 Å². The van der Waals surface area contributed by atoms with Gasteiger partial charge in [-0.15, -0.1) is 0 Å². The molecule has 0 saturated carbocycles. The van der Waals surface area contributed by atoms with Crippen LogP contribution in [0, 0.1) is 0 Å². The first-order valence-electron chi connectivity index (χ1n) is 10.5. The highest BCUT2D eigenvalue weighted by Crippen LogP contribution is 2.31. The molecule has 0 bridgehead atoms. The van der Waals surface area contributed by atoms with Crippen LogP contribution < -0.4 is 15.8 Å². The summed E-state index contributed by atoms with van der Waals surface area (Å²) in [5.74, 6) is 1.11. The number of nitrogens with one attached hydrogen (secondary N) is 1. The Morgan fingerprint density at radius 2 is 1.74 bits per heavy atom. The summed E-state index contributed by atoms with van der Waals surface area (Å²) in [5, 5.41) is 3.15. The zero-order valence-electron chi connectivity index (χ0n) is 19.0. The third-order valence-corrected chi connectivity index (χ3v) is 4.93. The molecule has 0 spiro atoms. The minimum absolute atomic E-state index is 0.0427. The molecule has 0 unspecified atom stereocenters. The number of hydrogen-bond acceptors (Lipinski definition) is 8. The molecule has 0 atom stereocenters. The molecule has 3 aromatic rings. The quantitative estimate of drug-likeness (QED) is 0.261. The van der Waals surface area contributed by atoms with Crippen LogP contribution in [-0.4, -0.2) is 26.3 Å². The fourth-order valence-corrected chi connectivity index (χ4v) is 3.32. The van der Waals surface area contributed by atoms with Gasteiger partial charge < -0.3 is 20.0 Å². The minimum Gasteiger partial charge on any atom is -0.457 e. The molecule has 0 radical (unpaired) electrons. The van der Waals surface area contributed by atoms with E-state index in [9.17, 15) is 13.2 Å². The van der Waals surface area contributed by atoms with Crippen LogP contribution in [0.25, 0.3) is 0 Å². The molecule has 0 aliphatic heterocycles. The van der Waals surface area contributed by atoms with E-state index in [1.807, 2.05) is 6.07 Å². The van der Waals surface area contributed by atoms with E-state index in [2.05, 4.69) is 41.0 Å². The highest BCUT2D eigenvalue weighted by molar-refractivity contribution is 7.96. The van der Waals surface area contributed by atoms with Gasteiger partial charge in [-0.05, 0) is 76.0 Å². The summed E-state index contributed by atoms with van der Waals surface area (Å²) < 4.78 is 49.6. The predicted molar refractivity (Wildman–Crippen MR) is 127 cm³/mol. The Balaban J connectivity index is 1.58. The molecular weight excluding hydrogens is 467 g/mol. The maximum absolute atomic E-state index is 12.8. The van der Waals surface area contributed by atoms with Gasteiger partial charge in [-0.2, -0.15) is 18.2 Å². The molecule has 0 saturated heterocycles. The lowest BCUT2D eigenvalue weighted by Crippen LogP contribution is -2.09. The van der Waals surface area contributed by atoms with Gasteiger partial charge in [-0.1, -0.05) is 0 Å². The summed E-state index contributed by atoms with van der Waals surface area (Å²) in [6.45, 7) is 6.85. The Morgan fingerprint density at radius 1 is 1.00 bits per heavy atom. The van der Waals surface area contributed by atoms with Gasteiger partial charge in [-0.25, -0.2) is 4.98 Å². The van der Waals surface area contributed by atoms with Crippen LogP contribution in [0.3, 0.4) is 0 Å². The molecule has 11 heteroatoms. The van der Waals surface area contributed by atoms with Gasteiger partial charge in [0, 0.05) is 34.5 Å². The van der Waals surface area contributed by atoms with E-state index in [1.54, 1.807) is 24.3 Å². The number of alkyl halides is 3. The van der Waals surface area contributed by atoms with Crippen LogP contribution in [0.4, 0.5) is 30.6 Å². The number of benzene rings is 1. The molecule has 0 fully saturated rings. The minimum atomic E-state index is -4.54. The number of pyridine rings is 1. The average Bonchev–Trinajstić information content (AvgIpc) is 2.73. The number of halogens is 3. The third-order valence-electron chi connectivity index (χ3n) is 4.15. The van der Waals surface area contributed by atoms with Gasteiger partial charge in [0.25, 0.3) is 0 Å². The van der Waals surface area contributed by atoms with Gasteiger partial charge in [-0.3, -0.25) is 4.98 Å². The van der Waals surface area contributed by atoms with E-state index < -0.39 is 11.9 Å². The van der Waals surface area contributed by atoms with Crippen molar-refractivity contribution in [2.45, 2.75) is 44.5 Å². The molecular formula is C23H26F3N5O2S. The summed E-state index contributed by atoms with van der Waals surface area (Å²) in [7, 11) is 0. The van der Waals surface area contributed by atoms with Crippen LogP contribution >= 0.6 is 12.0 Å². The van der Waals surface area contributed by atoms with Crippen molar-refractivity contribution < 1.29 is 22.1 Å². The summed E-state index contributed by atoms with van der Waals surface area (Å²) in [4.78, 5) is 11.8. The Labute approximate surface area is 200 Å². The van der Waals surface area contributed by atoms with Crippen LogP contribution in [0.2, 0.25) is 0 Å². The highest BCUT2D eigenvalue weighted by Gasteiger charge is 2.32. The Morgan fingerprint density at radius 3 is 2.41 bits per heavy atom. The van der Waals surface area contributed by atoms with Crippen molar-refractivity contribution in [3.63, 3.8) is 0 Å². The Hall–Kier alpha value is -3.05. The fourth-order valence-electron chi connectivity index (χ4n) is 2.76. The van der Waals surface area contributed by atoms with Crippen molar-refractivity contribution in [3.8, 4) is 11.5 Å². The molecule has 182 valence electrons. The first-order valence-corrected chi connectivity index (χ1v) is 11.2. The standard InChI is InChI=1S/C23H26F3N5O2S/c1-22(2,3)34-32-12-4-5-16-13-20(31-21(27)30-16)29-15-6-8-17(9-7-15)33-18-10-11-28-19(14-18)23(24,25)26/h6-11,13-14H,4-5,12H2,1-3H3,(H3,27,29,30,31). The van der Waals surface area contributed by atoms with Gasteiger partial charge in [0.2, 0.25) is 5.95 Å². The zero-order chi connectivity index (χ0) is 24.8. The van der Waals surface area contributed by atoms with E-state index in [-0.39, 0.29) is 16.4 Å². The van der Waals surface area contributed by atoms with Gasteiger partial charge in [0.05, 0.1) is 6.61 Å². The number of nitrogens with two attached hydrogens (primary N) is 1. The maximum atomic E-state index is 12.8. The number of nitrogens with zero attached hydrogens (tertiary/aromatic N) is 3. The van der Waals surface area contributed by atoms with Crippen LogP contribution in [0.5, 0.6) is 11.5 Å². The van der Waals surface area contributed by atoms with E-state index >= 15 is 0 Å². The predicted octanol–water partition coefficient (Wildman–Crippen LogP) is 6.40. The zero-order valence-corrected chi connectivity index (χ0v) is 19.8. The first-order chi connectivity index (χ1) is 16.0. The molecule has 34 heavy (non-hydrogen) atoms. The number of anilines is 3. The second-order valence-corrected chi connectivity index (χ2v) is 9.98. The van der Waals surface area contributed by atoms with Gasteiger partial charge in [0.1, 0.15) is 23.0 Å². The largest absolute Gasteiger partial charge is 0.457 e. The van der Waals surface area contributed by atoms with E-state index in [1.165, 1.54) is 18.1 Å². The summed E-state index contributed by atoms with van der Waals surface area (Å²) >= 11 is 1.45. The highest BCUT2D eigenvalue weighted by atomic mass is 32.2. The topological polar surface area (TPSA) is 95.2 Å². The summed E-state index contributed by atoms with van der Waals surface area (Å²) in [5.41, 5.74) is 6.33. The van der Waals surface area contributed by atoms with Crippen molar-refractivity contribution in [3.05, 3.63) is 60.0 Å². The van der Waals surface area contributed by atoms with Crippen molar-refractivity contribution in [2.75, 3.05) is 17.7 Å². The van der Waals surface area contributed by atoms with Crippen LogP contribution in [0.15, 0.2) is 48.7 Å². The maximum Gasteiger partial charge on any atom is 0.433 e. The van der Waals surface area contributed by atoms with E-state index in [0.717, 1.165) is 24.4 Å². The molecule has 1 aromatic carbocycles. The first kappa shape index (κ1) is 25.6. The number of aromatic nitrogens is 3. The smallest absolute Gasteiger partial charge is 0.433 e. The van der Waals surface area contributed by atoms with E-state index in [4.69, 9.17) is 14.7 Å². The molecule has 3 N–H and O–H groups in total. The van der Waals surface area contributed by atoms with Crippen molar-refractivity contribution in [2.24, 2.45) is 0 Å². The van der Waals surface area contributed by atoms with Crippen molar-refractivity contribution in [1.82, 2.24) is 15.0 Å². The lowest BCUT2D eigenvalue weighted by molar-refractivity contribution is -0.141. The second-order valence-electron chi connectivity index (χ2n) is 8.35. The summed E-state index contributed by atoms with van der Waals surface area (Å²) in [6, 6.07) is 10.7. The second kappa shape index (κ2) is 10.9. The Kier molecular flexibility index (Phi) is 8.21. The van der Waals surface area contributed by atoms with Crippen molar-refractivity contribution in [1.29, 1.82) is 0 Å². The molecule has 2 heterocycles. The average molecular weight is 494 g/mol. The van der Waals surface area contributed by atoms with E-state index in [0.29, 0.717) is 30.3 Å². The number of rotatable bonds is 9. The molecule has 0 aliphatic rings. The normalized spacial score (nSPS) is 11.9. The van der Waals surface area contributed by atoms with Crippen molar-refractivity contribution >= 4 is 29.5 Å². The number of ether oxygens (including phenoxy) is 1.